The van der Waals surface area contributed by atoms with E-state index in [9.17, 15) is 13.2 Å². The monoisotopic (exact) mass is 306 g/mol. The number of carbonyl (C=O) groups is 1. The first-order valence-electron chi connectivity index (χ1n) is 6.37. The fraction of sp³-hybridized carbons (Fsp3) is 0.231. The number of hydrogen-bond donors (Lipinski definition) is 2. The molecule has 1 aromatic carbocycles. The van der Waals surface area contributed by atoms with Crippen molar-refractivity contribution in [3.8, 4) is 0 Å². The second kappa shape index (κ2) is 4.88. The second-order valence-corrected chi connectivity index (χ2v) is 6.49. The van der Waals surface area contributed by atoms with Crippen LogP contribution in [-0.2, 0) is 23.5 Å². The molecule has 0 fully saturated rings. The zero-order chi connectivity index (χ0) is 15.0. The number of nitrogens with zero attached hydrogens (tertiary/aromatic N) is 2. The molecule has 2 heterocycles. The first-order chi connectivity index (χ1) is 9.95. The fourth-order valence-electron chi connectivity index (χ4n) is 2.21. The van der Waals surface area contributed by atoms with E-state index >= 15 is 0 Å². The number of amides is 1. The highest BCUT2D eigenvalue weighted by atomic mass is 32.2. The summed E-state index contributed by atoms with van der Waals surface area (Å²) in [5.74, 6) is -0.185. The lowest BCUT2D eigenvalue weighted by molar-refractivity contribution is 0.0946. The Morgan fingerprint density at radius 3 is 2.90 bits per heavy atom. The molecule has 0 spiro atoms. The van der Waals surface area contributed by atoms with Gasteiger partial charge in [-0.2, -0.15) is 8.42 Å². The summed E-state index contributed by atoms with van der Waals surface area (Å²) >= 11 is 0. The predicted molar refractivity (Wildman–Crippen MR) is 76.5 cm³/mol. The van der Waals surface area contributed by atoms with Crippen molar-refractivity contribution in [3.63, 3.8) is 0 Å². The minimum Gasteiger partial charge on any atom is -0.352 e. The van der Waals surface area contributed by atoms with E-state index in [1.807, 2.05) is 0 Å². The number of benzene rings is 1. The highest BCUT2D eigenvalue weighted by Gasteiger charge is 2.20. The normalized spacial score (nSPS) is 14.4. The van der Waals surface area contributed by atoms with E-state index in [-0.39, 0.29) is 10.9 Å². The van der Waals surface area contributed by atoms with Gasteiger partial charge in [-0.25, -0.2) is 4.98 Å². The maximum absolute atomic E-state index is 12.2. The van der Waals surface area contributed by atoms with Crippen LogP contribution in [-0.4, -0.2) is 30.4 Å². The van der Waals surface area contributed by atoms with Crippen LogP contribution in [0.15, 0.2) is 35.7 Å². The number of hydrogen-bond acceptors (Lipinski definition) is 4. The van der Waals surface area contributed by atoms with Crippen molar-refractivity contribution in [2.24, 2.45) is 7.05 Å². The van der Waals surface area contributed by atoms with Crippen LogP contribution in [0.4, 0.5) is 5.69 Å². The topological polar surface area (TPSA) is 93.1 Å². The van der Waals surface area contributed by atoms with Crippen LogP contribution in [0, 0.1) is 0 Å². The second-order valence-electron chi connectivity index (χ2n) is 4.86. The van der Waals surface area contributed by atoms with Gasteiger partial charge in [0.1, 0.15) is 0 Å². The number of rotatable bonds is 3. The average Bonchev–Trinajstić information content (AvgIpc) is 2.87. The van der Waals surface area contributed by atoms with Crippen molar-refractivity contribution in [1.29, 1.82) is 0 Å². The van der Waals surface area contributed by atoms with Gasteiger partial charge in [-0.15, -0.1) is 0 Å². The number of sulfonamides is 1. The molecule has 2 aromatic rings. The van der Waals surface area contributed by atoms with Gasteiger partial charge in [-0.3, -0.25) is 9.52 Å². The number of aryl methyl sites for hydroxylation is 1. The van der Waals surface area contributed by atoms with Crippen LogP contribution in [0.25, 0.3) is 0 Å². The molecular weight excluding hydrogens is 292 g/mol. The molecule has 0 bridgehead atoms. The Labute approximate surface area is 122 Å². The molecule has 21 heavy (non-hydrogen) atoms. The molecule has 110 valence electrons. The Morgan fingerprint density at radius 2 is 2.19 bits per heavy atom. The minimum atomic E-state index is -3.75. The molecule has 1 amide bonds. The number of nitrogens with one attached hydrogen (secondary N) is 2. The smallest absolute Gasteiger partial charge is 0.280 e. The van der Waals surface area contributed by atoms with Crippen LogP contribution in [0.1, 0.15) is 15.9 Å². The molecule has 7 nitrogen and oxygen atoms in total. The van der Waals surface area contributed by atoms with Gasteiger partial charge in [-0.05, 0) is 24.1 Å². The Bertz CT molecular complexity index is 811. The number of fused-ring (bicyclic) bond motifs is 1. The lowest BCUT2D eigenvalue weighted by Gasteiger charge is -2.17. The zero-order valence-electron chi connectivity index (χ0n) is 11.3. The van der Waals surface area contributed by atoms with Crippen LogP contribution >= 0.6 is 0 Å². The lowest BCUT2D eigenvalue weighted by atomic mass is 10.00. The molecule has 0 atom stereocenters. The van der Waals surface area contributed by atoms with Crippen LogP contribution in [0.3, 0.4) is 0 Å². The molecular formula is C13H14N4O3S. The van der Waals surface area contributed by atoms with Gasteiger partial charge >= 0.3 is 0 Å². The Kier molecular flexibility index (Phi) is 3.17. The first-order valence-corrected chi connectivity index (χ1v) is 7.86. The van der Waals surface area contributed by atoms with E-state index in [1.54, 1.807) is 29.8 Å². The van der Waals surface area contributed by atoms with E-state index in [1.165, 1.54) is 12.5 Å². The SMILES string of the molecule is Cn1cnc(S(=O)(=O)Nc2ccc3c(c2)C(=O)NCC3)c1. The van der Waals surface area contributed by atoms with Crippen molar-refractivity contribution in [3.05, 3.63) is 41.9 Å². The van der Waals surface area contributed by atoms with Gasteiger partial charge in [0.05, 0.1) is 6.33 Å². The van der Waals surface area contributed by atoms with Crippen molar-refractivity contribution >= 4 is 21.6 Å². The number of anilines is 1. The van der Waals surface area contributed by atoms with Gasteiger partial charge < -0.3 is 9.88 Å². The predicted octanol–water partition coefficient (Wildman–Crippen LogP) is 0.507. The van der Waals surface area contributed by atoms with Gasteiger partial charge in [-0.1, -0.05) is 6.07 Å². The summed E-state index contributed by atoms with van der Waals surface area (Å²) in [5, 5.41) is 2.67. The maximum Gasteiger partial charge on any atom is 0.280 e. The molecule has 0 saturated carbocycles. The molecule has 3 rings (SSSR count). The fourth-order valence-corrected chi connectivity index (χ4v) is 3.24. The average molecular weight is 306 g/mol. The van der Waals surface area contributed by atoms with E-state index in [4.69, 9.17) is 0 Å². The molecule has 1 aromatic heterocycles. The standard InChI is InChI=1S/C13H14N4O3S/c1-17-7-12(15-8-17)21(19,20)16-10-3-2-9-4-5-14-13(18)11(9)6-10/h2-3,6-8,16H,4-5H2,1H3,(H,14,18). The summed E-state index contributed by atoms with van der Waals surface area (Å²) in [6.07, 6.45) is 3.57. The molecule has 0 aliphatic carbocycles. The Morgan fingerprint density at radius 1 is 1.38 bits per heavy atom. The molecule has 0 radical (unpaired) electrons. The van der Waals surface area contributed by atoms with Crippen molar-refractivity contribution in [2.75, 3.05) is 11.3 Å². The summed E-state index contributed by atoms with van der Waals surface area (Å²) in [6, 6.07) is 4.96. The lowest BCUT2D eigenvalue weighted by Crippen LogP contribution is -2.31. The molecule has 8 heteroatoms. The van der Waals surface area contributed by atoms with Crippen molar-refractivity contribution in [2.45, 2.75) is 11.4 Å². The minimum absolute atomic E-state index is 0.0628. The number of aromatic nitrogens is 2. The molecule has 2 N–H and O–H groups in total. The third kappa shape index (κ3) is 2.62. The summed E-state index contributed by atoms with van der Waals surface area (Å²) < 4.78 is 28.3. The highest BCUT2D eigenvalue weighted by molar-refractivity contribution is 7.92. The quantitative estimate of drug-likeness (QED) is 0.864. The van der Waals surface area contributed by atoms with Gasteiger partial charge in [0.2, 0.25) is 0 Å². The number of carbonyl (C=O) groups excluding carboxylic acids is 1. The third-order valence-electron chi connectivity index (χ3n) is 3.24. The zero-order valence-corrected chi connectivity index (χ0v) is 12.1. The summed E-state index contributed by atoms with van der Waals surface area (Å²) in [6.45, 7) is 0.602. The van der Waals surface area contributed by atoms with Gasteiger partial charge in [0.25, 0.3) is 15.9 Å². The van der Waals surface area contributed by atoms with Crippen LogP contribution < -0.4 is 10.0 Å². The third-order valence-corrected chi connectivity index (χ3v) is 4.51. The van der Waals surface area contributed by atoms with Crippen molar-refractivity contribution < 1.29 is 13.2 Å². The van der Waals surface area contributed by atoms with Crippen molar-refractivity contribution in [1.82, 2.24) is 14.9 Å². The molecule has 1 aliphatic rings. The largest absolute Gasteiger partial charge is 0.352 e. The summed E-state index contributed by atoms with van der Waals surface area (Å²) in [5.41, 5.74) is 1.76. The maximum atomic E-state index is 12.2. The highest BCUT2D eigenvalue weighted by Crippen LogP contribution is 2.21. The van der Waals surface area contributed by atoms with E-state index in [0.29, 0.717) is 17.8 Å². The van der Waals surface area contributed by atoms with E-state index in [2.05, 4.69) is 15.0 Å². The number of imidazole rings is 1. The molecule has 0 unspecified atom stereocenters. The Balaban J connectivity index is 1.92. The summed E-state index contributed by atoms with van der Waals surface area (Å²) in [7, 11) is -2.06. The summed E-state index contributed by atoms with van der Waals surface area (Å²) in [4.78, 5) is 15.6. The van der Waals surface area contributed by atoms with E-state index in [0.717, 1.165) is 12.0 Å². The Hall–Kier alpha value is -2.35. The van der Waals surface area contributed by atoms with Gasteiger partial charge in [0.15, 0.2) is 5.03 Å². The van der Waals surface area contributed by atoms with Crippen LogP contribution in [0.2, 0.25) is 0 Å². The first kappa shape index (κ1) is 13.6. The molecule has 1 aliphatic heterocycles. The molecule has 0 saturated heterocycles. The van der Waals surface area contributed by atoms with E-state index < -0.39 is 10.0 Å². The van der Waals surface area contributed by atoms with Crippen LogP contribution in [0.5, 0.6) is 0 Å². The van der Waals surface area contributed by atoms with Gasteiger partial charge in [0, 0.05) is 31.0 Å².